The molecule has 150 valence electrons. The van der Waals surface area contributed by atoms with Crippen LogP contribution in [0.3, 0.4) is 0 Å². The number of amides is 2. The summed E-state index contributed by atoms with van der Waals surface area (Å²) >= 11 is 0. The van der Waals surface area contributed by atoms with Crippen molar-refractivity contribution in [3.05, 3.63) is 24.3 Å². The van der Waals surface area contributed by atoms with Crippen LogP contribution in [0.5, 0.6) is 0 Å². The number of hydrogen-bond donors (Lipinski definition) is 2. The first-order chi connectivity index (χ1) is 12.7. The highest BCUT2D eigenvalue weighted by molar-refractivity contribution is 5.97. The summed E-state index contributed by atoms with van der Waals surface area (Å²) in [4.78, 5) is 28.5. The first-order valence-corrected chi connectivity index (χ1v) is 9.48. The average Bonchev–Trinajstić information content (AvgIpc) is 2.61. The van der Waals surface area contributed by atoms with Gasteiger partial charge in [0, 0.05) is 31.0 Å². The van der Waals surface area contributed by atoms with Gasteiger partial charge >= 0.3 is 0 Å². The molecule has 1 aliphatic rings. The molecule has 2 rings (SSSR count). The van der Waals surface area contributed by atoms with E-state index in [2.05, 4.69) is 31.0 Å². The van der Waals surface area contributed by atoms with E-state index in [9.17, 15) is 9.59 Å². The van der Waals surface area contributed by atoms with Crippen molar-refractivity contribution in [1.82, 2.24) is 4.90 Å². The fourth-order valence-corrected chi connectivity index (χ4v) is 3.21. The number of ether oxygens (including phenoxy) is 1. The van der Waals surface area contributed by atoms with Gasteiger partial charge < -0.3 is 20.7 Å². The molecule has 1 aliphatic heterocycles. The fraction of sp³-hybridized carbons (Fsp3) is 0.600. The average molecular weight is 377 g/mol. The van der Waals surface area contributed by atoms with Crippen LogP contribution in [-0.4, -0.2) is 62.1 Å². The van der Waals surface area contributed by atoms with Crippen molar-refractivity contribution in [1.29, 1.82) is 0 Å². The highest BCUT2D eigenvalue weighted by atomic mass is 16.5. The van der Waals surface area contributed by atoms with Crippen LogP contribution in [0.1, 0.15) is 27.7 Å². The molecular formula is C20H32N4O3. The van der Waals surface area contributed by atoms with Gasteiger partial charge in [-0.2, -0.15) is 0 Å². The van der Waals surface area contributed by atoms with Gasteiger partial charge in [0.05, 0.1) is 6.61 Å². The van der Waals surface area contributed by atoms with E-state index in [1.165, 1.54) is 0 Å². The third-order valence-corrected chi connectivity index (χ3v) is 4.48. The van der Waals surface area contributed by atoms with Gasteiger partial charge in [0.15, 0.2) is 0 Å². The van der Waals surface area contributed by atoms with E-state index in [4.69, 9.17) is 10.5 Å². The van der Waals surface area contributed by atoms with Crippen molar-refractivity contribution < 1.29 is 14.3 Å². The Bertz CT molecular complexity index is 640. The Hall–Kier alpha value is -1.96. The number of nitrogens with two attached hydrogens (primary N) is 1. The van der Waals surface area contributed by atoms with Crippen LogP contribution >= 0.6 is 0 Å². The SMILES string of the molecule is CCN(CC(C)(C)C)[C@@H](CN)C(=O)Nc1ccc(N2CCOCC2=O)cc1. The number of carbonyl (C=O) groups is 2. The third kappa shape index (κ3) is 6.02. The first kappa shape index (κ1) is 21.3. The summed E-state index contributed by atoms with van der Waals surface area (Å²) in [7, 11) is 0. The molecule has 1 heterocycles. The summed E-state index contributed by atoms with van der Waals surface area (Å²) in [5.74, 6) is -0.166. The monoisotopic (exact) mass is 376 g/mol. The quantitative estimate of drug-likeness (QED) is 0.756. The van der Waals surface area contributed by atoms with Crippen LogP contribution in [0.25, 0.3) is 0 Å². The van der Waals surface area contributed by atoms with E-state index in [0.29, 0.717) is 18.8 Å². The number of likely N-dealkylation sites (N-methyl/N-ethyl adjacent to an activating group) is 1. The molecule has 0 spiro atoms. The van der Waals surface area contributed by atoms with Gasteiger partial charge in [0.2, 0.25) is 5.91 Å². The minimum atomic E-state index is -0.380. The topological polar surface area (TPSA) is 87.9 Å². The summed E-state index contributed by atoms with van der Waals surface area (Å²) < 4.78 is 5.15. The highest BCUT2D eigenvalue weighted by Crippen LogP contribution is 2.21. The van der Waals surface area contributed by atoms with Crippen molar-refractivity contribution >= 4 is 23.2 Å². The van der Waals surface area contributed by atoms with Crippen molar-refractivity contribution in [2.45, 2.75) is 33.7 Å². The molecule has 0 radical (unpaired) electrons. The number of carbonyl (C=O) groups excluding carboxylic acids is 2. The lowest BCUT2D eigenvalue weighted by atomic mass is 9.95. The second kappa shape index (κ2) is 9.30. The van der Waals surface area contributed by atoms with Gasteiger partial charge in [0.1, 0.15) is 12.6 Å². The van der Waals surface area contributed by atoms with Gasteiger partial charge in [-0.25, -0.2) is 0 Å². The predicted octanol–water partition coefficient (Wildman–Crippen LogP) is 1.68. The molecule has 1 fully saturated rings. The maximum atomic E-state index is 12.8. The highest BCUT2D eigenvalue weighted by Gasteiger charge is 2.27. The molecule has 0 aliphatic carbocycles. The third-order valence-electron chi connectivity index (χ3n) is 4.48. The van der Waals surface area contributed by atoms with E-state index < -0.39 is 0 Å². The van der Waals surface area contributed by atoms with Crippen LogP contribution < -0.4 is 16.0 Å². The molecule has 0 aromatic heterocycles. The van der Waals surface area contributed by atoms with Crippen molar-refractivity contribution in [3.63, 3.8) is 0 Å². The Morgan fingerprint density at radius 3 is 2.52 bits per heavy atom. The molecule has 1 atom stereocenters. The van der Waals surface area contributed by atoms with E-state index >= 15 is 0 Å². The lowest BCUT2D eigenvalue weighted by Gasteiger charge is -2.34. The number of rotatable bonds is 7. The van der Waals surface area contributed by atoms with Crippen molar-refractivity contribution in [2.24, 2.45) is 11.1 Å². The van der Waals surface area contributed by atoms with E-state index in [-0.39, 0.29) is 36.4 Å². The largest absolute Gasteiger partial charge is 0.370 e. The van der Waals surface area contributed by atoms with Crippen LogP contribution in [0.2, 0.25) is 0 Å². The Labute approximate surface area is 161 Å². The lowest BCUT2D eigenvalue weighted by Crippen LogP contribution is -2.51. The van der Waals surface area contributed by atoms with Crippen molar-refractivity contribution in [2.75, 3.05) is 49.6 Å². The molecule has 1 aromatic carbocycles. The molecule has 27 heavy (non-hydrogen) atoms. The van der Waals surface area contributed by atoms with Gasteiger partial charge in [-0.1, -0.05) is 27.7 Å². The van der Waals surface area contributed by atoms with E-state index in [1.54, 1.807) is 4.90 Å². The van der Waals surface area contributed by atoms with Crippen LogP contribution in [-0.2, 0) is 14.3 Å². The predicted molar refractivity (Wildman–Crippen MR) is 108 cm³/mol. The van der Waals surface area contributed by atoms with Gasteiger partial charge in [-0.15, -0.1) is 0 Å². The van der Waals surface area contributed by atoms with Crippen LogP contribution in [0.4, 0.5) is 11.4 Å². The number of anilines is 2. The molecule has 1 saturated heterocycles. The second-order valence-electron chi connectivity index (χ2n) is 8.01. The smallest absolute Gasteiger partial charge is 0.253 e. The Morgan fingerprint density at radius 2 is 2.00 bits per heavy atom. The zero-order chi connectivity index (χ0) is 20.0. The van der Waals surface area contributed by atoms with Crippen LogP contribution in [0.15, 0.2) is 24.3 Å². The normalized spacial score (nSPS) is 16.5. The van der Waals surface area contributed by atoms with E-state index in [0.717, 1.165) is 18.8 Å². The molecule has 7 nitrogen and oxygen atoms in total. The molecule has 0 bridgehead atoms. The number of hydrogen-bond acceptors (Lipinski definition) is 5. The second-order valence-corrected chi connectivity index (χ2v) is 8.01. The number of morpholine rings is 1. The Kier molecular flexibility index (Phi) is 7.35. The molecule has 7 heteroatoms. The fourth-order valence-electron chi connectivity index (χ4n) is 3.21. The van der Waals surface area contributed by atoms with Gasteiger partial charge in [0.25, 0.3) is 5.91 Å². The molecule has 1 aromatic rings. The first-order valence-electron chi connectivity index (χ1n) is 9.48. The maximum absolute atomic E-state index is 12.8. The zero-order valence-corrected chi connectivity index (χ0v) is 16.8. The number of benzene rings is 1. The van der Waals surface area contributed by atoms with E-state index in [1.807, 2.05) is 31.2 Å². The minimum absolute atomic E-state index is 0.0537. The number of nitrogens with one attached hydrogen (secondary N) is 1. The molecular weight excluding hydrogens is 344 g/mol. The molecule has 2 amide bonds. The summed E-state index contributed by atoms with van der Waals surface area (Å²) in [6.07, 6.45) is 0. The standard InChI is InChI=1S/C20H32N4O3/c1-5-23(14-20(2,3)4)17(12-21)19(26)22-15-6-8-16(9-7-15)24-10-11-27-13-18(24)25/h6-9,17H,5,10-14,21H2,1-4H3,(H,22,26)/t17-/m0/s1. The lowest BCUT2D eigenvalue weighted by molar-refractivity contribution is -0.125. The molecule has 3 N–H and O–H groups in total. The summed E-state index contributed by atoms with van der Waals surface area (Å²) in [5.41, 5.74) is 7.48. The van der Waals surface area contributed by atoms with Crippen LogP contribution in [0, 0.1) is 5.41 Å². The maximum Gasteiger partial charge on any atom is 0.253 e. The zero-order valence-electron chi connectivity index (χ0n) is 16.8. The van der Waals surface area contributed by atoms with Gasteiger partial charge in [-0.05, 0) is 36.2 Å². The van der Waals surface area contributed by atoms with Gasteiger partial charge in [-0.3, -0.25) is 14.5 Å². The summed E-state index contributed by atoms with van der Waals surface area (Å²) in [6, 6.07) is 6.91. The molecule has 0 saturated carbocycles. The van der Waals surface area contributed by atoms with Crippen molar-refractivity contribution in [3.8, 4) is 0 Å². The Balaban J connectivity index is 2.04. The number of nitrogens with zero attached hydrogens (tertiary/aromatic N) is 2. The minimum Gasteiger partial charge on any atom is -0.370 e. The molecule has 0 unspecified atom stereocenters. The summed E-state index contributed by atoms with van der Waals surface area (Å²) in [6.45, 7) is 11.5. The Morgan fingerprint density at radius 1 is 1.33 bits per heavy atom. The summed E-state index contributed by atoms with van der Waals surface area (Å²) in [5, 5.41) is 2.95.